The number of carbonyl (C=O) groups excluding carboxylic acids is 1. The van der Waals surface area contributed by atoms with Crippen LogP contribution in [0, 0.1) is 5.41 Å². The third-order valence-electron chi connectivity index (χ3n) is 3.76. The lowest BCUT2D eigenvalue weighted by molar-refractivity contribution is -0.122. The molecule has 0 radical (unpaired) electrons. The number of hydrogen-bond acceptors (Lipinski definition) is 3. The van der Waals surface area contributed by atoms with Crippen LogP contribution in [-0.2, 0) is 4.79 Å². The second kappa shape index (κ2) is 5.28. The Balaban J connectivity index is 2.20. The fraction of sp³-hybridized carbons (Fsp3) is 0.615. The minimum absolute atomic E-state index is 0.0973. The first-order chi connectivity index (χ1) is 8.97. The predicted octanol–water partition coefficient (Wildman–Crippen LogP) is 2.25. The summed E-state index contributed by atoms with van der Waals surface area (Å²) in [4.78, 5) is 12.8. The molecule has 6 heteroatoms. The van der Waals surface area contributed by atoms with E-state index in [2.05, 4.69) is 10.4 Å². The Hall–Kier alpha value is -1.43. The van der Waals surface area contributed by atoms with Crippen LogP contribution in [-0.4, -0.2) is 20.7 Å². The second-order valence-corrected chi connectivity index (χ2v) is 5.80. The van der Waals surface area contributed by atoms with E-state index in [0.717, 1.165) is 25.7 Å². The molecule has 1 aromatic rings. The third-order valence-corrected chi connectivity index (χ3v) is 4.16. The van der Waals surface area contributed by atoms with E-state index in [0.29, 0.717) is 10.8 Å². The average molecular weight is 280 g/mol. The monoisotopic (exact) mass is 280 g/mol. The number of carbonyl (C=O) groups is 1. The van der Waals surface area contributed by atoms with Gasteiger partial charge in [-0.25, -0.2) is 4.68 Å². The van der Waals surface area contributed by atoms with Crippen molar-refractivity contribution >= 4 is 28.9 Å². The minimum atomic E-state index is -0.679. The van der Waals surface area contributed by atoms with Crippen molar-refractivity contribution in [3.05, 3.63) is 12.3 Å². The average Bonchev–Trinajstić information content (AvgIpc) is 2.97. The molecule has 1 saturated carbocycles. The molecule has 5 nitrogen and oxygen atoms in total. The lowest BCUT2D eigenvalue weighted by Gasteiger charge is -2.26. The smallest absolute Gasteiger partial charge is 0.238 e. The van der Waals surface area contributed by atoms with Crippen LogP contribution in [0.4, 0.5) is 5.82 Å². The van der Waals surface area contributed by atoms with E-state index in [4.69, 9.17) is 18.0 Å². The van der Waals surface area contributed by atoms with E-state index in [1.165, 1.54) is 0 Å². The lowest BCUT2D eigenvalue weighted by atomic mass is 9.85. The number of anilines is 1. The summed E-state index contributed by atoms with van der Waals surface area (Å²) in [5, 5.41) is 7.13. The van der Waals surface area contributed by atoms with Gasteiger partial charge in [-0.3, -0.25) is 4.79 Å². The van der Waals surface area contributed by atoms with Crippen molar-refractivity contribution in [1.29, 1.82) is 0 Å². The summed E-state index contributed by atoms with van der Waals surface area (Å²) in [6.45, 7) is 4.03. The summed E-state index contributed by atoms with van der Waals surface area (Å²) in [5.74, 6) is 0.599. The van der Waals surface area contributed by atoms with Crippen molar-refractivity contribution < 1.29 is 4.79 Å². The summed E-state index contributed by atoms with van der Waals surface area (Å²) < 4.78 is 1.78. The Kier molecular flexibility index (Phi) is 3.89. The van der Waals surface area contributed by atoms with Crippen LogP contribution in [0.3, 0.4) is 0 Å². The zero-order chi connectivity index (χ0) is 14.0. The lowest BCUT2D eigenvalue weighted by Crippen LogP contribution is -2.44. The number of amides is 1. The Morgan fingerprint density at radius 2 is 2.16 bits per heavy atom. The van der Waals surface area contributed by atoms with Crippen LogP contribution >= 0.6 is 12.2 Å². The number of nitrogens with one attached hydrogen (secondary N) is 1. The summed E-state index contributed by atoms with van der Waals surface area (Å²) in [5.41, 5.74) is 5.13. The van der Waals surface area contributed by atoms with Gasteiger partial charge < -0.3 is 11.1 Å². The van der Waals surface area contributed by atoms with E-state index in [9.17, 15) is 4.79 Å². The molecule has 0 aromatic carbocycles. The van der Waals surface area contributed by atoms with Crippen LogP contribution in [0.15, 0.2) is 12.3 Å². The molecule has 1 aromatic heterocycles. The molecule has 1 aliphatic rings. The van der Waals surface area contributed by atoms with Crippen molar-refractivity contribution in [2.75, 3.05) is 5.32 Å². The Bertz CT molecular complexity index is 489. The predicted molar refractivity (Wildman–Crippen MR) is 78.9 cm³/mol. The number of rotatable bonds is 4. The number of thiocarbonyl (C=S) groups is 1. The third kappa shape index (κ3) is 2.49. The summed E-state index contributed by atoms with van der Waals surface area (Å²) in [6.07, 6.45) is 5.15. The van der Waals surface area contributed by atoms with Crippen molar-refractivity contribution in [3.8, 4) is 0 Å². The van der Waals surface area contributed by atoms with Crippen LogP contribution < -0.4 is 11.1 Å². The summed E-state index contributed by atoms with van der Waals surface area (Å²) in [6, 6.07) is 1.98. The van der Waals surface area contributed by atoms with Crippen molar-refractivity contribution in [3.63, 3.8) is 0 Å². The van der Waals surface area contributed by atoms with Crippen molar-refractivity contribution in [1.82, 2.24) is 9.78 Å². The Morgan fingerprint density at radius 3 is 2.68 bits per heavy atom. The molecule has 1 fully saturated rings. The van der Waals surface area contributed by atoms with E-state index in [1.807, 2.05) is 13.8 Å². The maximum atomic E-state index is 12.5. The molecule has 0 saturated heterocycles. The first-order valence-corrected chi connectivity index (χ1v) is 7.03. The SMILES string of the molecule is CC(C)n1nccc1NC(=O)C1(C(N)=S)CCCC1. The molecule has 2 rings (SSSR count). The molecular formula is C13H20N4OS. The van der Waals surface area contributed by atoms with Crippen molar-refractivity contribution in [2.45, 2.75) is 45.6 Å². The maximum Gasteiger partial charge on any atom is 0.238 e. The zero-order valence-corrected chi connectivity index (χ0v) is 12.2. The Labute approximate surface area is 118 Å². The molecule has 0 atom stereocenters. The topological polar surface area (TPSA) is 72.9 Å². The molecular weight excluding hydrogens is 260 g/mol. The van der Waals surface area contributed by atoms with Gasteiger partial charge in [-0.15, -0.1) is 0 Å². The van der Waals surface area contributed by atoms with Crippen LogP contribution in [0.5, 0.6) is 0 Å². The van der Waals surface area contributed by atoms with Gasteiger partial charge in [-0.05, 0) is 26.7 Å². The van der Waals surface area contributed by atoms with Gasteiger partial charge in [0.1, 0.15) is 5.82 Å². The number of nitrogens with two attached hydrogens (primary N) is 1. The van der Waals surface area contributed by atoms with Crippen LogP contribution in [0.2, 0.25) is 0 Å². The highest BCUT2D eigenvalue weighted by molar-refractivity contribution is 7.80. The number of nitrogens with zero attached hydrogens (tertiary/aromatic N) is 2. The first-order valence-electron chi connectivity index (χ1n) is 6.62. The first kappa shape index (κ1) is 14.0. The van der Waals surface area contributed by atoms with Gasteiger partial charge in [-0.2, -0.15) is 5.10 Å². The molecule has 0 aliphatic heterocycles. The molecule has 0 unspecified atom stereocenters. The highest BCUT2D eigenvalue weighted by atomic mass is 32.1. The van der Waals surface area contributed by atoms with Crippen LogP contribution in [0.1, 0.15) is 45.6 Å². The van der Waals surface area contributed by atoms with Gasteiger partial charge >= 0.3 is 0 Å². The molecule has 0 bridgehead atoms. The highest BCUT2D eigenvalue weighted by Gasteiger charge is 2.44. The molecule has 19 heavy (non-hydrogen) atoms. The van der Waals surface area contributed by atoms with E-state index >= 15 is 0 Å². The Morgan fingerprint density at radius 1 is 1.53 bits per heavy atom. The largest absolute Gasteiger partial charge is 0.392 e. The van der Waals surface area contributed by atoms with Crippen LogP contribution in [0.25, 0.3) is 0 Å². The van der Waals surface area contributed by atoms with Gasteiger partial charge in [0.2, 0.25) is 5.91 Å². The fourth-order valence-corrected chi connectivity index (χ4v) is 2.92. The molecule has 0 spiro atoms. The second-order valence-electron chi connectivity index (χ2n) is 5.36. The van der Waals surface area contributed by atoms with Gasteiger partial charge in [0, 0.05) is 12.1 Å². The maximum absolute atomic E-state index is 12.5. The highest BCUT2D eigenvalue weighted by Crippen LogP contribution is 2.39. The molecule has 1 amide bonds. The normalized spacial score (nSPS) is 17.6. The van der Waals surface area contributed by atoms with Gasteiger partial charge in [0.15, 0.2) is 0 Å². The molecule has 1 aliphatic carbocycles. The van der Waals surface area contributed by atoms with Crippen molar-refractivity contribution in [2.24, 2.45) is 11.1 Å². The van der Waals surface area contributed by atoms with E-state index in [-0.39, 0.29) is 11.9 Å². The zero-order valence-electron chi connectivity index (χ0n) is 11.3. The summed E-state index contributed by atoms with van der Waals surface area (Å²) in [7, 11) is 0. The quantitative estimate of drug-likeness (QED) is 0.830. The fourth-order valence-electron chi connectivity index (χ4n) is 2.62. The molecule has 1 heterocycles. The van der Waals surface area contributed by atoms with Gasteiger partial charge in [0.25, 0.3) is 0 Å². The number of hydrogen-bond donors (Lipinski definition) is 2. The van der Waals surface area contributed by atoms with Gasteiger partial charge in [0.05, 0.1) is 16.6 Å². The summed E-state index contributed by atoms with van der Waals surface area (Å²) >= 11 is 5.12. The molecule has 3 N–H and O–H groups in total. The standard InChI is InChI=1S/C13H20N4OS/c1-9(2)17-10(5-8-15-17)16-12(18)13(11(14)19)6-3-4-7-13/h5,8-9H,3-4,6-7H2,1-2H3,(H2,14,19)(H,16,18). The number of aromatic nitrogens is 2. The van der Waals surface area contributed by atoms with E-state index < -0.39 is 5.41 Å². The van der Waals surface area contributed by atoms with Gasteiger partial charge in [-0.1, -0.05) is 25.1 Å². The minimum Gasteiger partial charge on any atom is -0.392 e. The molecule has 104 valence electrons. The van der Waals surface area contributed by atoms with E-state index in [1.54, 1.807) is 16.9 Å².